The van der Waals surface area contributed by atoms with E-state index in [0.29, 0.717) is 41.2 Å². The molecule has 2 aliphatic heterocycles. The van der Waals surface area contributed by atoms with Crippen LogP contribution >= 0.6 is 11.8 Å². The standard InChI is InChI=1S/C26H31N3O5S/c1-3-5-6-7-14-32-20-11-8-18(9-12-20)27-25(31)23-16-24(30)29(4-2)26(35-23)28-19-10-13-21-22(15-19)34-17-33-21/h8-13,15,23H,3-7,14,16-17H2,1-2H3,(H,27,31)/t23-/m0/s1. The first kappa shape index (κ1) is 24.9. The maximum Gasteiger partial charge on any atom is 0.238 e. The average Bonchev–Trinajstić information content (AvgIpc) is 3.33. The Kier molecular flexibility index (Phi) is 8.52. The van der Waals surface area contributed by atoms with Gasteiger partial charge in [-0.15, -0.1) is 0 Å². The molecule has 0 aromatic heterocycles. The topological polar surface area (TPSA) is 89.5 Å². The van der Waals surface area contributed by atoms with Crippen LogP contribution in [0.15, 0.2) is 47.5 Å². The molecule has 0 saturated carbocycles. The fourth-order valence-corrected chi connectivity index (χ4v) is 4.96. The third-order valence-corrected chi connectivity index (χ3v) is 6.91. The number of nitrogens with one attached hydrogen (secondary N) is 1. The van der Waals surface area contributed by atoms with Crippen molar-refractivity contribution < 1.29 is 23.8 Å². The van der Waals surface area contributed by atoms with Crippen molar-refractivity contribution in [1.82, 2.24) is 4.90 Å². The molecule has 2 aromatic carbocycles. The number of anilines is 1. The molecule has 186 valence electrons. The summed E-state index contributed by atoms with van der Waals surface area (Å²) >= 11 is 1.29. The minimum Gasteiger partial charge on any atom is -0.494 e. The smallest absolute Gasteiger partial charge is 0.238 e. The SMILES string of the molecule is CCCCCCOc1ccc(NC(=O)[C@@H]2CC(=O)N(CC)C(=Nc3ccc4c(c3)OCO4)S2)cc1. The zero-order chi connectivity index (χ0) is 24.6. The Bertz CT molecular complexity index is 1070. The third kappa shape index (κ3) is 6.48. The lowest BCUT2D eigenvalue weighted by Gasteiger charge is -2.30. The van der Waals surface area contributed by atoms with E-state index in [2.05, 4.69) is 17.2 Å². The average molecular weight is 498 g/mol. The van der Waals surface area contributed by atoms with Crippen molar-refractivity contribution >= 4 is 40.1 Å². The molecule has 0 bridgehead atoms. The van der Waals surface area contributed by atoms with Crippen LogP contribution in [0.3, 0.4) is 0 Å². The van der Waals surface area contributed by atoms with Crippen LogP contribution in [0.2, 0.25) is 0 Å². The number of benzene rings is 2. The monoisotopic (exact) mass is 497 g/mol. The van der Waals surface area contributed by atoms with Crippen LogP contribution in [0.25, 0.3) is 0 Å². The summed E-state index contributed by atoms with van der Waals surface area (Å²) in [7, 11) is 0. The Morgan fingerprint density at radius 3 is 2.69 bits per heavy atom. The highest BCUT2D eigenvalue weighted by atomic mass is 32.2. The number of amidine groups is 1. The Labute approximate surface area is 210 Å². The van der Waals surface area contributed by atoms with E-state index in [9.17, 15) is 9.59 Å². The van der Waals surface area contributed by atoms with Crippen LogP contribution in [0.1, 0.15) is 46.0 Å². The molecule has 1 atom stereocenters. The summed E-state index contributed by atoms with van der Waals surface area (Å²) in [5.41, 5.74) is 1.29. The fourth-order valence-electron chi connectivity index (χ4n) is 3.79. The molecule has 8 nitrogen and oxygen atoms in total. The number of amides is 2. The largest absolute Gasteiger partial charge is 0.494 e. The molecule has 1 fully saturated rings. The molecule has 1 N–H and O–H groups in total. The number of thioether (sulfide) groups is 1. The minimum atomic E-state index is -0.576. The van der Waals surface area contributed by atoms with Crippen molar-refractivity contribution in [3.63, 3.8) is 0 Å². The van der Waals surface area contributed by atoms with Crippen molar-refractivity contribution in [3.8, 4) is 17.2 Å². The summed E-state index contributed by atoms with van der Waals surface area (Å²) in [6.45, 7) is 5.41. The second-order valence-electron chi connectivity index (χ2n) is 8.30. The maximum absolute atomic E-state index is 13.0. The number of unbranched alkanes of at least 4 members (excludes halogenated alkanes) is 3. The molecule has 35 heavy (non-hydrogen) atoms. The van der Waals surface area contributed by atoms with Gasteiger partial charge in [-0.1, -0.05) is 37.9 Å². The molecule has 2 heterocycles. The van der Waals surface area contributed by atoms with Gasteiger partial charge >= 0.3 is 0 Å². The van der Waals surface area contributed by atoms with Crippen molar-refractivity contribution in [3.05, 3.63) is 42.5 Å². The van der Waals surface area contributed by atoms with Gasteiger partial charge in [-0.2, -0.15) is 0 Å². The van der Waals surface area contributed by atoms with Crippen LogP contribution < -0.4 is 19.5 Å². The van der Waals surface area contributed by atoms with Gasteiger partial charge in [-0.3, -0.25) is 14.5 Å². The summed E-state index contributed by atoms with van der Waals surface area (Å²) in [5.74, 6) is 1.70. The lowest BCUT2D eigenvalue weighted by atomic mass is 10.2. The summed E-state index contributed by atoms with van der Waals surface area (Å²) in [6.07, 6.45) is 4.72. The molecule has 4 rings (SSSR count). The second kappa shape index (κ2) is 12.0. The van der Waals surface area contributed by atoms with Crippen molar-refractivity contribution in [2.45, 2.75) is 51.2 Å². The number of hydrogen-bond acceptors (Lipinski definition) is 7. The summed E-state index contributed by atoms with van der Waals surface area (Å²) < 4.78 is 16.5. The van der Waals surface area contributed by atoms with E-state index in [-0.39, 0.29) is 25.0 Å². The lowest BCUT2D eigenvalue weighted by Crippen LogP contribution is -2.45. The maximum atomic E-state index is 13.0. The summed E-state index contributed by atoms with van der Waals surface area (Å²) in [4.78, 5) is 32.0. The number of carbonyl (C=O) groups excluding carboxylic acids is 2. The Balaban J connectivity index is 1.38. The Hall–Kier alpha value is -3.20. The highest BCUT2D eigenvalue weighted by Gasteiger charge is 2.35. The van der Waals surface area contributed by atoms with Gasteiger partial charge in [0.2, 0.25) is 18.6 Å². The van der Waals surface area contributed by atoms with Gasteiger partial charge in [-0.05, 0) is 49.7 Å². The second-order valence-corrected chi connectivity index (χ2v) is 9.47. The first-order chi connectivity index (χ1) is 17.1. The van der Waals surface area contributed by atoms with Gasteiger partial charge in [0.15, 0.2) is 16.7 Å². The van der Waals surface area contributed by atoms with Gasteiger partial charge in [0.1, 0.15) is 11.0 Å². The molecule has 0 radical (unpaired) electrons. The molecule has 2 aliphatic rings. The number of aliphatic imine (C=N–C) groups is 1. The van der Waals surface area contributed by atoms with E-state index in [1.165, 1.54) is 24.6 Å². The number of rotatable bonds is 10. The van der Waals surface area contributed by atoms with E-state index in [1.54, 1.807) is 23.1 Å². The zero-order valence-electron chi connectivity index (χ0n) is 20.1. The van der Waals surface area contributed by atoms with Gasteiger partial charge in [0.25, 0.3) is 0 Å². The fraction of sp³-hybridized carbons (Fsp3) is 0.423. The minimum absolute atomic E-state index is 0.115. The first-order valence-corrected chi connectivity index (χ1v) is 12.9. The van der Waals surface area contributed by atoms with Gasteiger partial charge in [0, 0.05) is 24.7 Å². The molecular formula is C26H31N3O5S. The number of fused-ring (bicyclic) bond motifs is 1. The number of carbonyl (C=O) groups is 2. The number of hydrogen-bond donors (Lipinski definition) is 1. The van der Waals surface area contributed by atoms with Crippen molar-refractivity contribution in [2.24, 2.45) is 4.99 Å². The first-order valence-electron chi connectivity index (χ1n) is 12.1. The zero-order valence-corrected chi connectivity index (χ0v) is 20.9. The van der Waals surface area contributed by atoms with Gasteiger partial charge < -0.3 is 19.5 Å². The van der Waals surface area contributed by atoms with E-state index >= 15 is 0 Å². The molecule has 9 heteroatoms. The van der Waals surface area contributed by atoms with Crippen LogP contribution in [0.5, 0.6) is 17.2 Å². The molecule has 0 unspecified atom stereocenters. The number of ether oxygens (including phenoxy) is 3. The predicted molar refractivity (Wildman–Crippen MR) is 138 cm³/mol. The quantitative estimate of drug-likeness (QED) is 0.445. The third-order valence-electron chi connectivity index (χ3n) is 5.72. The molecular weight excluding hydrogens is 466 g/mol. The predicted octanol–water partition coefficient (Wildman–Crippen LogP) is 5.35. The van der Waals surface area contributed by atoms with Gasteiger partial charge in [0.05, 0.1) is 12.3 Å². The highest BCUT2D eigenvalue weighted by Crippen LogP contribution is 2.37. The molecule has 2 amide bonds. The van der Waals surface area contributed by atoms with Crippen molar-refractivity contribution in [2.75, 3.05) is 25.3 Å². The molecule has 0 aliphatic carbocycles. The van der Waals surface area contributed by atoms with Crippen LogP contribution in [-0.2, 0) is 9.59 Å². The van der Waals surface area contributed by atoms with Crippen LogP contribution in [0, 0.1) is 0 Å². The summed E-state index contributed by atoms with van der Waals surface area (Å²) in [6, 6.07) is 12.7. The highest BCUT2D eigenvalue weighted by molar-refractivity contribution is 8.15. The molecule has 2 aromatic rings. The van der Waals surface area contributed by atoms with E-state index in [4.69, 9.17) is 14.2 Å². The molecule has 1 saturated heterocycles. The van der Waals surface area contributed by atoms with E-state index in [1.807, 2.05) is 31.2 Å². The van der Waals surface area contributed by atoms with Crippen LogP contribution in [-0.4, -0.2) is 47.1 Å². The Morgan fingerprint density at radius 2 is 1.91 bits per heavy atom. The van der Waals surface area contributed by atoms with Crippen LogP contribution in [0.4, 0.5) is 11.4 Å². The lowest BCUT2D eigenvalue weighted by molar-refractivity contribution is -0.129. The van der Waals surface area contributed by atoms with Gasteiger partial charge in [-0.25, -0.2) is 4.99 Å². The van der Waals surface area contributed by atoms with E-state index in [0.717, 1.165) is 18.6 Å². The summed E-state index contributed by atoms with van der Waals surface area (Å²) in [5, 5.41) is 2.84. The van der Waals surface area contributed by atoms with E-state index < -0.39 is 5.25 Å². The normalized spacial score (nSPS) is 18.1. The molecule has 0 spiro atoms. The number of nitrogens with zero attached hydrogens (tertiary/aromatic N) is 2. The Morgan fingerprint density at radius 1 is 1.11 bits per heavy atom. The van der Waals surface area contributed by atoms with Crippen molar-refractivity contribution in [1.29, 1.82) is 0 Å².